The number of pyridine rings is 1. The Kier molecular flexibility index (Phi) is 6.42. The van der Waals surface area contributed by atoms with Crippen molar-refractivity contribution in [3.05, 3.63) is 96.1 Å². The van der Waals surface area contributed by atoms with Gasteiger partial charge in [-0.25, -0.2) is 0 Å². The Labute approximate surface area is 168 Å². The van der Waals surface area contributed by atoms with Gasteiger partial charge >= 0.3 is 0 Å². The van der Waals surface area contributed by atoms with Crippen LogP contribution in [0.4, 0.5) is 17.1 Å². The molecule has 2 aromatic carbocycles. The van der Waals surface area contributed by atoms with Crippen LogP contribution in [-0.2, 0) is 6.54 Å². The molecule has 3 rings (SSSR count). The van der Waals surface area contributed by atoms with E-state index >= 15 is 0 Å². The third-order valence-corrected chi connectivity index (χ3v) is 4.08. The zero-order valence-corrected chi connectivity index (χ0v) is 15.6. The lowest BCUT2D eigenvalue weighted by molar-refractivity contribution is 0.102. The summed E-state index contributed by atoms with van der Waals surface area (Å²) >= 11 is 0. The van der Waals surface area contributed by atoms with Crippen LogP contribution < -0.4 is 21.7 Å². The van der Waals surface area contributed by atoms with Crippen molar-refractivity contribution in [2.24, 2.45) is 0 Å². The number of anilines is 3. The molecule has 0 atom stereocenters. The number of hydrogen-bond donors (Lipinski definition) is 4. The lowest BCUT2D eigenvalue weighted by Crippen LogP contribution is -2.19. The van der Waals surface area contributed by atoms with Crippen molar-refractivity contribution in [2.45, 2.75) is 6.54 Å². The van der Waals surface area contributed by atoms with Crippen LogP contribution in [0.5, 0.6) is 0 Å². The molecule has 144 valence electrons. The van der Waals surface area contributed by atoms with Crippen molar-refractivity contribution in [3.63, 3.8) is 0 Å². The van der Waals surface area contributed by atoms with Crippen LogP contribution in [0.15, 0.2) is 85.0 Å². The van der Waals surface area contributed by atoms with Crippen LogP contribution in [0.2, 0.25) is 0 Å². The fourth-order valence-corrected chi connectivity index (χ4v) is 2.56. The molecule has 0 aliphatic carbocycles. The number of nitrogens with one attached hydrogen (secondary N) is 3. The van der Waals surface area contributed by atoms with E-state index in [0.717, 1.165) is 11.3 Å². The molecule has 29 heavy (non-hydrogen) atoms. The topological polar surface area (TPSA) is 116 Å². The Morgan fingerprint density at radius 2 is 1.76 bits per heavy atom. The predicted molar refractivity (Wildman–Crippen MR) is 114 cm³/mol. The van der Waals surface area contributed by atoms with Gasteiger partial charge in [0.2, 0.25) is 0 Å². The van der Waals surface area contributed by atoms with Crippen molar-refractivity contribution in [2.75, 3.05) is 16.4 Å². The first-order chi connectivity index (χ1) is 14.2. The molecule has 1 heterocycles. The predicted octanol–water partition coefficient (Wildman–Crippen LogP) is 3.48. The van der Waals surface area contributed by atoms with E-state index in [9.17, 15) is 4.79 Å². The number of aromatic nitrogens is 1. The number of hydrogen-bond acceptors (Lipinski definition) is 6. The molecule has 0 unspecified atom stereocenters. The zero-order valence-electron chi connectivity index (χ0n) is 15.6. The molecular formula is C22H20N6O. The van der Waals surface area contributed by atoms with Crippen molar-refractivity contribution < 1.29 is 4.79 Å². The third kappa shape index (κ3) is 5.58. The van der Waals surface area contributed by atoms with Crippen LogP contribution in [0.25, 0.3) is 0 Å². The van der Waals surface area contributed by atoms with Crippen LogP contribution in [0.3, 0.4) is 0 Å². The Balaban J connectivity index is 1.59. The number of nitrogens with zero attached hydrogens (tertiary/aromatic N) is 2. The molecule has 0 bridgehead atoms. The highest BCUT2D eigenvalue weighted by Crippen LogP contribution is 2.18. The second-order valence-corrected chi connectivity index (χ2v) is 6.14. The van der Waals surface area contributed by atoms with Crippen LogP contribution >= 0.6 is 0 Å². The number of allylic oxidation sites excluding steroid dienone is 1. The van der Waals surface area contributed by atoms with Crippen molar-refractivity contribution >= 4 is 23.0 Å². The highest BCUT2D eigenvalue weighted by Gasteiger charge is 2.08. The van der Waals surface area contributed by atoms with Gasteiger partial charge in [0.15, 0.2) is 0 Å². The summed E-state index contributed by atoms with van der Waals surface area (Å²) in [6.07, 6.45) is 4.73. The zero-order chi connectivity index (χ0) is 20.5. The summed E-state index contributed by atoms with van der Waals surface area (Å²) in [6.45, 7) is 0.485. The van der Waals surface area contributed by atoms with E-state index in [1.54, 1.807) is 48.8 Å². The number of amides is 1. The molecule has 1 aromatic heterocycles. The summed E-state index contributed by atoms with van der Waals surface area (Å²) in [5.41, 5.74) is 9.26. The molecule has 7 nitrogen and oxygen atoms in total. The number of para-hydroxylation sites is 2. The summed E-state index contributed by atoms with van der Waals surface area (Å²) in [5.74, 6) is 0.340. The fourth-order valence-electron chi connectivity index (χ4n) is 2.56. The number of benzene rings is 2. The highest BCUT2D eigenvalue weighted by atomic mass is 16.1. The summed E-state index contributed by atoms with van der Waals surface area (Å²) in [5, 5.41) is 18.1. The van der Waals surface area contributed by atoms with E-state index in [4.69, 9.17) is 11.0 Å². The molecular weight excluding hydrogens is 364 g/mol. The Morgan fingerprint density at radius 1 is 1.03 bits per heavy atom. The summed E-state index contributed by atoms with van der Waals surface area (Å²) in [4.78, 5) is 16.4. The van der Waals surface area contributed by atoms with Crippen LogP contribution in [-0.4, -0.2) is 10.9 Å². The first-order valence-electron chi connectivity index (χ1n) is 8.91. The van der Waals surface area contributed by atoms with Gasteiger partial charge in [-0.15, -0.1) is 0 Å². The average Bonchev–Trinajstić information content (AvgIpc) is 2.75. The van der Waals surface area contributed by atoms with Gasteiger partial charge < -0.3 is 21.7 Å². The maximum absolute atomic E-state index is 12.4. The first-order valence-corrected chi connectivity index (χ1v) is 8.91. The minimum Gasteiger partial charge on any atom is -0.397 e. The minimum absolute atomic E-state index is 0.230. The van der Waals surface area contributed by atoms with Gasteiger partial charge in [0.25, 0.3) is 5.91 Å². The second-order valence-electron chi connectivity index (χ2n) is 6.14. The minimum atomic E-state index is -0.230. The fraction of sp³-hybridized carbons (Fsp3) is 0.0455. The molecule has 5 N–H and O–H groups in total. The van der Waals surface area contributed by atoms with Crippen molar-refractivity contribution in [3.8, 4) is 6.07 Å². The van der Waals surface area contributed by atoms with E-state index in [1.165, 1.54) is 6.08 Å². The highest BCUT2D eigenvalue weighted by molar-refractivity contribution is 6.05. The molecule has 0 saturated carbocycles. The molecule has 0 saturated heterocycles. The first kappa shape index (κ1) is 19.5. The normalized spacial score (nSPS) is 10.7. The Morgan fingerprint density at radius 3 is 2.45 bits per heavy atom. The van der Waals surface area contributed by atoms with E-state index in [1.807, 2.05) is 30.3 Å². The largest absolute Gasteiger partial charge is 0.397 e. The van der Waals surface area contributed by atoms with E-state index in [2.05, 4.69) is 20.9 Å². The average molecular weight is 384 g/mol. The van der Waals surface area contributed by atoms with Gasteiger partial charge in [0.05, 0.1) is 23.5 Å². The SMILES string of the molecule is N#CC=C(NCc1ccc(C(=O)Nc2ccccc2N)cc1)Nc1ccncc1. The smallest absolute Gasteiger partial charge is 0.255 e. The number of nitrogen functional groups attached to an aromatic ring is 1. The molecule has 7 heteroatoms. The molecule has 0 radical (unpaired) electrons. The summed E-state index contributed by atoms with van der Waals surface area (Å²) < 4.78 is 0. The van der Waals surface area contributed by atoms with E-state index in [-0.39, 0.29) is 5.91 Å². The van der Waals surface area contributed by atoms with Crippen LogP contribution in [0, 0.1) is 11.3 Å². The molecule has 0 spiro atoms. The van der Waals surface area contributed by atoms with Gasteiger partial charge in [-0.05, 0) is 42.0 Å². The van der Waals surface area contributed by atoms with Gasteiger partial charge in [-0.3, -0.25) is 9.78 Å². The summed E-state index contributed by atoms with van der Waals surface area (Å²) in [6, 6.07) is 19.9. The van der Waals surface area contributed by atoms with Gasteiger partial charge in [0, 0.05) is 30.2 Å². The Bertz CT molecular complexity index is 1040. The number of carbonyl (C=O) groups excluding carboxylic acids is 1. The third-order valence-electron chi connectivity index (χ3n) is 4.08. The quantitative estimate of drug-likeness (QED) is 0.366. The molecule has 3 aromatic rings. The standard InChI is InChI=1S/C22H20N6O/c23-12-9-21(27-18-10-13-25-14-11-18)26-15-16-5-7-17(8-6-16)22(29)28-20-4-2-1-3-19(20)24/h1-11,13-14,26H,15,24H2,(H,25,27)(H,28,29). The van der Waals surface area contributed by atoms with E-state index in [0.29, 0.717) is 29.3 Å². The van der Waals surface area contributed by atoms with Gasteiger partial charge in [-0.1, -0.05) is 24.3 Å². The second kappa shape index (κ2) is 9.58. The maximum atomic E-state index is 12.4. The lowest BCUT2D eigenvalue weighted by Gasteiger charge is -2.13. The number of nitriles is 1. The van der Waals surface area contributed by atoms with Gasteiger partial charge in [-0.2, -0.15) is 5.26 Å². The lowest BCUT2D eigenvalue weighted by atomic mass is 10.1. The van der Waals surface area contributed by atoms with Crippen molar-refractivity contribution in [1.29, 1.82) is 5.26 Å². The number of rotatable bonds is 7. The van der Waals surface area contributed by atoms with E-state index < -0.39 is 0 Å². The molecule has 0 aliphatic heterocycles. The monoisotopic (exact) mass is 384 g/mol. The van der Waals surface area contributed by atoms with Gasteiger partial charge in [0.1, 0.15) is 5.82 Å². The molecule has 0 fully saturated rings. The molecule has 1 amide bonds. The van der Waals surface area contributed by atoms with Crippen LogP contribution in [0.1, 0.15) is 15.9 Å². The summed E-state index contributed by atoms with van der Waals surface area (Å²) in [7, 11) is 0. The molecule has 0 aliphatic rings. The number of nitrogens with two attached hydrogens (primary N) is 1. The van der Waals surface area contributed by atoms with Crippen molar-refractivity contribution in [1.82, 2.24) is 10.3 Å². The number of carbonyl (C=O) groups is 1. The maximum Gasteiger partial charge on any atom is 0.255 e. The Hall–Kier alpha value is -4.31.